The van der Waals surface area contributed by atoms with Crippen LogP contribution in [0.3, 0.4) is 0 Å². The third-order valence-corrected chi connectivity index (χ3v) is 6.85. The highest BCUT2D eigenvalue weighted by atomic mass is 16.7. The maximum atomic E-state index is 10.8. The fraction of sp³-hybridized carbons (Fsp3) is 0.480. The number of aliphatic hydroxyl groups is 1. The molecular formula is C25H29N5O3. The van der Waals surface area contributed by atoms with Crippen LogP contribution in [0.1, 0.15) is 43.7 Å². The molecule has 3 atom stereocenters. The minimum absolute atomic E-state index is 0.387. The van der Waals surface area contributed by atoms with Gasteiger partial charge >= 0.3 is 0 Å². The summed E-state index contributed by atoms with van der Waals surface area (Å²) in [4.78, 5) is 10.8. The van der Waals surface area contributed by atoms with Crippen LogP contribution in [0.2, 0.25) is 0 Å². The Morgan fingerprint density at radius 1 is 1.33 bits per heavy atom. The number of pyridine rings is 1. The Labute approximate surface area is 193 Å². The van der Waals surface area contributed by atoms with E-state index in [2.05, 4.69) is 20.6 Å². The highest BCUT2D eigenvalue weighted by molar-refractivity contribution is 5.76. The van der Waals surface area contributed by atoms with Gasteiger partial charge in [-0.25, -0.2) is 9.97 Å². The van der Waals surface area contributed by atoms with Crippen LogP contribution in [0.5, 0.6) is 5.88 Å². The molecule has 3 aromatic rings. The second-order valence-corrected chi connectivity index (χ2v) is 9.17. The van der Waals surface area contributed by atoms with Gasteiger partial charge in [-0.15, -0.1) is 0 Å². The Morgan fingerprint density at radius 3 is 3.00 bits per heavy atom. The van der Waals surface area contributed by atoms with Crippen LogP contribution in [-0.4, -0.2) is 44.8 Å². The first-order valence-electron chi connectivity index (χ1n) is 11.6. The number of hydrogen-bond donors (Lipinski definition) is 1. The minimum atomic E-state index is -0.991. The topological polar surface area (TPSA) is 96.4 Å². The molecule has 33 heavy (non-hydrogen) atoms. The number of aryl methyl sites for hydroxylation is 1. The molecule has 1 aliphatic carbocycles. The highest BCUT2D eigenvalue weighted by Gasteiger charge is 2.47. The van der Waals surface area contributed by atoms with E-state index in [1.165, 1.54) is 0 Å². The third-order valence-electron chi connectivity index (χ3n) is 6.85. The number of rotatable bonds is 5. The van der Waals surface area contributed by atoms with Crippen molar-refractivity contribution in [2.45, 2.75) is 58.1 Å². The molecule has 1 N–H and O–H groups in total. The Morgan fingerprint density at radius 2 is 2.21 bits per heavy atom. The number of aliphatic hydroxyl groups excluding tert-OH is 1. The summed E-state index contributed by atoms with van der Waals surface area (Å²) in [6, 6.07) is 9.72. The summed E-state index contributed by atoms with van der Waals surface area (Å²) in [6.45, 7) is 5.94. The fourth-order valence-corrected chi connectivity index (χ4v) is 5.37. The predicted octanol–water partition coefficient (Wildman–Crippen LogP) is 3.75. The summed E-state index contributed by atoms with van der Waals surface area (Å²) in [5, 5.41) is 20.1. The van der Waals surface area contributed by atoms with Gasteiger partial charge in [0.15, 0.2) is 0 Å². The maximum absolute atomic E-state index is 10.8. The molecule has 0 bridgehead atoms. The molecule has 0 radical (unpaired) electrons. The van der Waals surface area contributed by atoms with Gasteiger partial charge in [-0.2, -0.15) is 5.26 Å². The van der Waals surface area contributed by atoms with Crippen molar-refractivity contribution in [1.82, 2.24) is 14.5 Å². The molecule has 8 nitrogen and oxygen atoms in total. The molecule has 2 aliphatic rings. The van der Waals surface area contributed by atoms with Crippen LogP contribution in [-0.2, 0) is 11.3 Å². The van der Waals surface area contributed by atoms with Gasteiger partial charge < -0.3 is 24.0 Å². The number of anilines is 1. The molecule has 1 spiro atoms. The fourth-order valence-electron chi connectivity index (χ4n) is 5.37. The number of benzene rings is 1. The van der Waals surface area contributed by atoms with Crippen molar-refractivity contribution in [3.8, 4) is 11.9 Å². The van der Waals surface area contributed by atoms with Crippen molar-refractivity contribution in [3.63, 3.8) is 0 Å². The molecule has 172 valence electrons. The van der Waals surface area contributed by atoms with E-state index in [0.29, 0.717) is 30.5 Å². The molecule has 3 heterocycles. The number of nitriles is 1. The van der Waals surface area contributed by atoms with E-state index in [1.54, 1.807) is 12.3 Å². The second kappa shape index (κ2) is 8.65. The molecule has 0 amide bonds. The highest BCUT2D eigenvalue weighted by Crippen LogP contribution is 2.43. The summed E-state index contributed by atoms with van der Waals surface area (Å²) in [5.74, 6) is 0.988. The van der Waals surface area contributed by atoms with E-state index in [4.69, 9.17) is 9.47 Å². The van der Waals surface area contributed by atoms with Crippen LogP contribution in [0, 0.1) is 24.2 Å². The average molecular weight is 448 g/mol. The summed E-state index contributed by atoms with van der Waals surface area (Å²) < 4.78 is 13.9. The van der Waals surface area contributed by atoms with Crippen molar-refractivity contribution in [2.24, 2.45) is 5.92 Å². The molecular weight excluding hydrogens is 418 g/mol. The van der Waals surface area contributed by atoms with Gasteiger partial charge in [0.05, 0.1) is 59.6 Å². The zero-order valence-corrected chi connectivity index (χ0v) is 19.1. The summed E-state index contributed by atoms with van der Waals surface area (Å²) >= 11 is 0. The van der Waals surface area contributed by atoms with Gasteiger partial charge in [-0.1, -0.05) is 6.42 Å². The average Bonchev–Trinajstić information content (AvgIpc) is 3.34. The predicted molar refractivity (Wildman–Crippen MR) is 124 cm³/mol. The van der Waals surface area contributed by atoms with Crippen LogP contribution in [0.15, 0.2) is 36.8 Å². The molecule has 1 aliphatic heterocycles. The number of hydrogen-bond acceptors (Lipinski definition) is 7. The molecule has 1 aromatic carbocycles. The zero-order chi connectivity index (χ0) is 23.0. The molecule has 1 saturated carbocycles. The van der Waals surface area contributed by atoms with Crippen LogP contribution < -0.4 is 9.64 Å². The molecule has 2 aromatic heterocycles. The lowest BCUT2D eigenvalue weighted by atomic mass is 9.78. The van der Waals surface area contributed by atoms with Gasteiger partial charge in [0.25, 0.3) is 0 Å². The second-order valence-electron chi connectivity index (χ2n) is 9.17. The van der Waals surface area contributed by atoms with E-state index in [9.17, 15) is 10.4 Å². The summed E-state index contributed by atoms with van der Waals surface area (Å²) in [5.41, 5.74) is 4.01. The molecule has 0 unspecified atom stereocenters. The van der Waals surface area contributed by atoms with Crippen molar-refractivity contribution < 1.29 is 14.6 Å². The first-order valence-corrected chi connectivity index (χ1v) is 11.6. The lowest BCUT2D eigenvalue weighted by molar-refractivity contribution is -0.152. The van der Waals surface area contributed by atoms with Crippen molar-refractivity contribution in [2.75, 3.05) is 18.1 Å². The number of nitrogens with zero attached hydrogens (tertiary/aromatic N) is 5. The van der Waals surface area contributed by atoms with E-state index in [1.807, 2.05) is 43.3 Å². The quantitative estimate of drug-likeness (QED) is 0.636. The largest absolute Gasteiger partial charge is 0.478 e. The Hall–Kier alpha value is -3.15. The number of imidazole rings is 1. The standard InChI is InChI=1S/C25H29N5O3/c1-3-32-23-9-17(2)22(13-27-23)30-15-25(33-24(30)31)8-4-5-19(11-25)14-29-16-28-20-7-6-18(12-26)10-21(20)29/h6-7,9-10,13,16,19,24,31H,3-5,8,11,14-15H2,1-2H3/t19-,24+,25-/m0/s1. The zero-order valence-electron chi connectivity index (χ0n) is 19.1. The van der Waals surface area contributed by atoms with Crippen LogP contribution >= 0.6 is 0 Å². The van der Waals surface area contributed by atoms with Crippen LogP contribution in [0.4, 0.5) is 5.69 Å². The first-order chi connectivity index (χ1) is 16.0. The molecule has 8 heteroatoms. The maximum Gasteiger partial charge on any atom is 0.238 e. The molecule has 1 saturated heterocycles. The van der Waals surface area contributed by atoms with E-state index < -0.39 is 6.41 Å². The van der Waals surface area contributed by atoms with Gasteiger partial charge in [0, 0.05) is 12.6 Å². The van der Waals surface area contributed by atoms with Crippen LogP contribution in [0.25, 0.3) is 11.0 Å². The number of fused-ring (bicyclic) bond motifs is 1. The summed E-state index contributed by atoms with van der Waals surface area (Å²) in [7, 11) is 0. The van der Waals surface area contributed by atoms with Crippen molar-refractivity contribution in [3.05, 3.63) is 47.9 Å². The number of aromatic nitrogens is 3. The monoisotopic (exact) mass is 447 g/mol. The third kappa shape index (κ3) is 4.14. The number of ether oxygens (including phenoxy) is 2. The van der Waals surface area contributed by atoms with Crippen molar-refractivity contribution >= 4 is 16.7 Å². The minimum Gasteiger partial charge on any atom is -0.478 e. The van der Waals surface area contributed by atoms with E-state index in [-0.39, 0.29) is 5.60 Å². The van der Waals surface area contributed by atoms with Gasteiger partial charge in [0.2, 0.25) is 12.3 Å². The SMILES string of the molecule is CCOc1cc(C)c(N2C[C@@]3(CCC[C@H](Cn4cnc5ccc(C#N)cc54)C3)O[C@H]2O)cn1. The lowest BCUT2D eigenvalue weighted by Gasteiger charge is -2.37. The van der Waals surface area contributed by atoms with E-state index in [0.717, 1.165) is 54.5 Å². The Balaban J connectivity index is 1.33. The summed E-state index contributed by atoms with van der Waals surface area (Å²) in [6.07, 6.45) is 6.56. The normalized spacial score (nSPS) is 25.0. The smallest absolute Gasteiger partial charge is 0.238 e. The van der Waals surface area contributed by atoms with Gasteiger partial charge in [0.1, 0.15) is 0 Å². The van der Waals surface area contributed by atoms with E-state index >= 15 is 0 Å². The molecule has 2 fully saturated rings. The van der Waals surface area contributed by atoms with Gasteiger partial charge in [-0.05, 0) is 62.8 Å². The lowest BCUT2D eigenvalue weighted by Crippen LogP contribution is -2.40. The molecule has 5 rings (SSSR count). The Bertz CT molecular complexity index is 1200. The van der Waals surface area contributed by atoms with Crippen molar-refractivity contribution in [1.29, 1.82) is 5.26 Å². The van der Waals surface area contributed by atoms with Gasteiger partial charge in [-0.3, -0.25) is 0 Å². The Kier molecular flexibility index (Phi) is 5.69. The first kappa shape index (κ1) is 21.7.